The maximum Gasteiger partial charge on any atom is 0.223 e. The minimum atomic E-state index is 0.332. The van der Waals surface area contributed by atoms with Crippen LogP contribution in [-0.4, -0.2) is 37.0 Å². The molecule has 0 aromatic heterocycles. The van der Waals surface area contributed by atoms with Crippen molar-refractivity contribution in [2.75, 3.05) is 26.2 Å². The molecule has 0 radical (unpaired) electrons. The van der Waals surface area contributed by atoms with E-state index in [1.807, 2.05) is 4.90 Å². The fraction of sp³-hybridized carbons (Fsp3) is 0.923. The van der Waals surface area contributed by atoms with Crippen molar-refractivity contribution in [2.24, 2.45) is 0 Å². The Morgan fingerprint density at radius 1 is 1.12 bits per heavy atom. The first kappa shape index (κ1) is 13.5. The molecular weight excluding hydrogens is 200 g/mol. The summed E-state index contributed by atoms with van der Waals surface area (Å²) >= 11 is 0. The van der Waals surface area contributed by atoms with Crippen LogP contribution in [0.25, 0.3) is 0 Å². The lowest BCUT2D eigenvalue weighted by Gasteiger charge is -2.15. The zero-order chi connectivity index (χ0) is 11.6. The molecule has 1 saturated heterocycles. The molecule has 3 nitrogen and oxygen atoms in total. The van der Waals surface area contributed by atoms with Gasteiger partial charge in [-0.1, -0.05) is 26.2 Å². The van der Waals surface area contributed by atoms with Crippen LogP contribution in [0.3, 0.4) is 0 Å². The molecule has 1 fully saturated rings. The van der Waals surface area contributed by atoms with Gasteiger partial charge in [0.05, 0.1) is 0 Å². The van der Waals surface area contributed by atoms with Crippen molar-refractivity contribution in [2.45, 2.75) is 51.9 Å². The van der Waals surface area contributed by atoms with Crippen molar-refractivity contribution in [3.63, 3.8) is 0 Å². The molecule has 16 heavy (non-hydrogen) atoms. The summed E-state index contributed by atoms with van der Waals surface area (Å²) in [5, 5.41) is 3.35. The van der Waals surface area contributed by atoms with Crippen LogP contribution in [-0.2, 0) is 4.79 Å². The Bertz CT molecular complexity index is 188. The van der Waals surface area contributed by atoms with Crippen LogP contribution in [0.5, 0.6) is 0 Å². The third kappa shape index (κ3) is 5.50. The van der Waals surface area contributed by atoms with E-state index in [1.165, 1.54) is 38.5 Å². The largest absolute Gasteiger partial charge is 0.343 e. The summed E-state index contributed by atoms with van der Waals surface area (Å²) in [5.74, 6) is 0.332. The van der Waals surface area contributed by atoms with E-state index >= 15 is 0 Å². The van der Waals surface area contributed by atoms with Gasteiger partial charge in [0.1, 0.15) is 0 Å². The second-order valence-corrected chi connectivity index (χ2v) is 4.65. The molecule has 1 aliphatic heterocycles. The van der Waals surface area contributed by atoms with E-state index < -0.39 is 0 Å². The number of carbonyl (C=O) groups excluding carboxylic acids is 1. The molecule has 1 heterocycles. The minimum absolute atomic E-state index is 0.332. The number of likely N-dealkylation sites (tertiary alicyclic amines) is 1. The van der Waals surface area contributed by atoms with Crippen LogP contribution in [0, 0.1) is 0 Å². The van der Waals surface area contributed by atoms with Crippen molar-refractivity contribution >= 4 is 5.91 Å². The van der Waals surface area contributed by atoms with Gasteiger partial charge in [0.25, 0.3) is 0 Å². The Hall–Kier alpha value is -0.570. The lowest BCUT2D eigenvalue weighted by atomic mass is 10.2. The van der Waals surface area contributed by atoms with Crippen LogP contribution in [0.2, 0.25) is 0 Å². The highest BCUT2D eigenvalue weighted by Crippen LogP contribution is 2.08. The number of hydrogen-bond donors (Lipinski definition) is 1. The normalized spacial score (nSPS) is 15.7. The van der Waals surface area contributed by atoms with Crippen molar-refractivity contribution in [1.29, 1.82) is 0 Å². The molecule has 0 saturated carbocycles. The molecule has 3 heteroatoms. The van der Waals surface area contributed by atoms with Crippen LogP contribution in [0.4, 0.5) is 0 Å². The topological polar surface area (TPSA) is 32.3 Å². The van der Waals surface area contributed by atoms with E-state index in [0.717, 1.165) is 26.2 Å². The predicted octanol–water partition coefficient (Wildman–Crippen LogP) is 2.17. The zero-order valence-corrected chi connectivity index (χ0v) is 10.6. The van der Waals surface area contributed by atoms with Crippen molar-refractivity contribution in [1.82, 2.24) is 10.2 Å². The number of unbranched alkanes of at least 4 members (excludes halogenated alkanes) is 3. The van der Waals surface area contributed by atoms with Crippen molar-refractivity contribution in [3.05, 3.63) is 0 Å². The van der Waals surface area contributed by atoms with Gasteiger partial charge in [0.15, 0.2) is 0 Å². The van der Waals surface area contributed by atoms with Gasteiger partial charge in [-0.25, -0.2) is 0 Å². The van der Waals surface area contributed by atoms with Crippen molar-refractivity contribution < 1.29 is 4.79 Å². The van der Waals surface area contributed by atoms with Crippen LogP contribution < -0.4 is 5.32 Å². The number of nitrogens with one attached hydrogen (secondary N) is 1. The highest BCUT2D eigenvalue weighted by atomic mass is 16.2. The van der Waals surface area contributed by atoms with Gasteiger partial charge in [-0.3, -0.25) is 4.79 Å². The summed E-state index contributed by atoms with van der Waals surface area (Å²) < 4.78 is 0. The van der Waals surface area contributed by atoms with Crippen LogP contribution in [0.1, 0.15) is 51.9 Å². The molecule has 0 spiro atoms. The quantitative estimate of drug-likeness (QED) is 0.643. The third-order valence-electron chi connectivity index (χ3n) is 3.18. The summed E-state index contributed by atoms with van der Waals surface area (Å²) in [5.41, 5.74) is 0. The first-order valence-corrected chi connectivity index (χ1v) is 6.83. The number of amides is 1. The van der Waals surface area contributed by atoms with Crippen molar-refractivity contribution in [3.8, 4) is 0 Å². The average molecular weight is 226 g/mol. The van der Waals surface area contributed by atoms with Gasteiger partial charge < -0.3 is 10.2 Å². The molecule has 1 aliphatic rings. The van der Waals surface area contributed by atoms with Gasteiger partial charge in [0, 0.05) is 26.1 Å². The van der Waals surface area contributed by atoms with E-state index in [1.54, 1.807) is 0 Å². The van der Waals surface area contributed by atoms with E-state index in [-0.39, 0.29) is 0 Å². The number of carbonyl (C=O) groups is 1. The number of rotatable bonds is 8. The lowest BCUT2D eigenvalue weighted by molar-refractivity contribution is -0.130. The van der Waals surface area contributed by atoms with Gasteiger partial charge in [-0.15, -0.1) is 0 Å². The molecule has 94 valence electrons. The van der Waals surface area contributed by atoms with Gasteiger partial charge >= 0.3 is 0 Å². The summed E-state index contributed by atoms with van der Waals surface area (Å²) in [6.07, 6.45) is 8.22. The summed E-state index contributed by atoms with van der Waals surface area (Å²) in [6.45, 7) is 6.10. The predicted molar refractivity (Wildman–Crippen MR) is 67.4 cm³/mol. The Labute approximate surface area is 99.6 Å². The maximum atomic E-state index is 11.7. The van der Waals surface area contributed by atoms with Gasteiger partial charge in [-0.05, 0) is 25.8 Å². The van der Waals surface area contributed by atoms with E-state index in [2.05, 4.69) is 12.2 Å². The van der Waals surface area contributed by atoms with E-state index in [4.69, 9.17) is 0 Å². The molecule has 0 bridgehead atoms. The Kier molecular flexibility index (Phi) is 7.23. The molecule has 1 N–H and O–H groups in total. The number of hydrogen-bond acceptors (Lipinski definition) is 2. The highest BCUT2D eigenvalue weighted by Gasteiger charge is 2.16. The van der Waals surface area contributed by atoms with Gasteiger partial charge in [0.2, 0.25) is 5.91 Å². The SMILES string of the molecule is CCCCCCNCCC(=O)N1CCCC1. The molecule has 0 aromatic carbocycles. The minimum Gasteiger partial charge on any atom is -0.343 e. The monoisotopic (exact) mass is 226 g/mol. The highest BCUT2D eigenvalue weighted by molar-refractivity contribution is 5.76. The molecule has 0 aromatic rings. The summed E-state index contributed by atoms with van der Waals surface area (Å²) in [7, 11) is 0. The first-order valence-electron chi connectivity index (χ1n) is 6.83. The Morgan fingerprint density at radius 3 is 2.56 bits per heavy atom. The Balaban J connectivity index is 1.88. The molecular formula is C13H26N2O. The fourth-order valence-corrected chi connectivity index (χ4v) is 2.12. The molecule has 0 aliphatic carbocycles. The molecule has 0 atom stereocenters. The molecule has 1 rings (SSSR count). The molecule has 1 amide bonds. The second-order valence-electron chi connectivity index (χ2n) is 4.65. The summed E-state index contributed by atoms with van der Waals surface area (Å²) in [6, 6.07) is 0. The second kappa shape index (κ2) is 8.57. The smallest absolute Gasteiger partial charge is 0.223 e. The average Bonchev–Trinajstić information content (AvgIpc) is 2.81. The fourth-order valence-electron chi connectivity index (χ4n) is 2.12. The standard InChI is InChI=1S/C13H26N2O/c1-2-3-4-5-9-14-10-8-13(16)15-11-6-7-12-15/h14H,2-12H2,1H3. The molecule has 0 unspecified atom stereocenters. The van der Waals surface area contributed by atoms with Crippen LogP contribution >= 0.6 is 0 Å². The van der Waals surface area contributed by atoms with Gasteiger partial charge in [-0.2, -0.15) is 0 Å². The Morgan fingerprint density at radius 2 is 1.88 bits per heavy atom. The zero-order valence-electron chi connectivity index (χ0n) is 10.6. The number of nitrogens with zero attached hydrogens (tertiary/aromatic N) is 1. The third-order valence-corrected chi connectivity index (χ3v) is 3.18. The lowest BCUT2D eigenvalue weighted by Crippen LogP contribution is -2.30. The summed E-state index contributed by atoms with van der Waals surface area (Å²) in [4.78, 5) is 13.7. The first-order chi connectivity index (χ1) is 7.84. The van der Waals surface area contributed by atoms with E-state index in [9.17, 15) is 4.79 Å². The maximum absolute atomic E-state index is 11.7. The van der Waals surface area contributed by atoms with Crippen LogP contribution in [0.15, 0.2) is 0 Å². The van der Waals surface area contributed by atoms with E-state index in [0.29, 0.717) is 12.3 Å².